The molecule has 0 spiro atoms. The summed E-state index contributed by atoms with van der Waals surface area (Å²) in [6.07, 6.45) is 0. The topological polar surface area (TPSA) is 37.9 Å². The van der Waals surface area contributed by atoms with E-state index in [9.17, 15) is 4.39 Å². The van der Waals surface area contributed by atoms with Gasteiger partial charge in [0, 0.05) is 5.02 Å². The molecule has 0 bridgehead atoms. The van der Waals surface area contributed by atoms with Crippen molar-refractivity contribution in [2.75, 3.05) is 0 Å². The Morgan fingerprint density at radius 2 is 1.80 bits per heavy atom. The van der Waals surface area contributed by atoms with Gasteiger partial charge in [-0.2, -0.15) is 0 Å². The number of hydrogen-bond donors (Lipinski definition) is 1. The van der Waals surface area contributed by atoms with E-state index in [4.69, 9.17) is 16.3 Å². The lowest BCUT2D eigenvalue weighted by atomic mass is 10.2. The summed E-state index contributed by atoms with van der Waals surface area (Å²) in [5, 5.41) is 0.601. The molecule has 0 radical (unpaired) electrons. The van der Waals surface area contributed by atoms with E-state index in [1.165, 1.54) is 12.1 Å². The number of nitrogens with one attached hydrogen (secondary N) is 1. The van der Waals surface area contributed by atoms with Crippen LogP contribution in [0, 0.1) is 5.82 Å². The molecule has 0 fully saturated rings. The van der Waals surface area contributed by atoms with E-state index in [0.29, 0.717) is 23.2 Å². The van der Waals surface area contributed by atoms with Crippen molar-refractivity contribution in [2.45, 2.75) is 6.61 Å². The van der Waals surface area contributed by atoms with Crippen LogP contribution < -0.4 is 4.74 Å². The Morgan fingerprint density at radius 1 is 1.00 bits per heavy atom. The molecule has 4 aromatic rings. The van der Waals surface area contributed by atoms with Crippen LogP contribution in [0.1, 0.15) is 5.56 Å². The zero-order chi connectivity index (χ0) is 17.2. The molecule has 0 amide bonds. The molecule has 1 N–H and O–H groups in total. The highest BCUT2D eigenvalue weighted by atomic mass is 35.5. The van der Waals surface area contributed by atoms with E-state index in [-0.39, 0.29) is 5.82 Å². The molecular formula is C20H14ClFN2O. The summed E-state index contributed by atoms with van der Waals surface area (Å²) >= 11 is 6.16. The summed E-state index contributed by atoms with van der Waals surface area (Å²) in [5.74, 6) is 1.09. The van der Waals surface area contributed by atoms with Crippen molar-refractivity contribution < 1.29 is 9.13 Å². The monoisotopic (exact) mass is 352 g/mol. The fraction of sp³-hybridized carbons (Fsp3) is 0.0500. The summed E-state index contributed by atoms with van der Waals surface area (Å²) in [4.78, 5) is 7.89. The van der Waals surface area contributed by atoms with Gasteiger partial charge in [0.25, 0.3) is 0 Å². The quantitative estimate of drug-likeness (QED) is 0.519. The number of hydrogen-bond acceptors (Lipinski definition) is 2. The number of ether oxygens (including phenoxy) is 1. The van der Waals surface area contributed by atoms with Gasteiger partial charge in [0.1, 0.15) is 24.0 Å². The van der Waals surface area contributed by atoms with Crippen LogP contribution in [-0.4, -0.2) is 9.97 Å². The van der Waals surface area contributed by atoms with Crippen molar-refractivity contribution in [3.8, 4) is 17.1 Å². The van der Waals surface area contributed by atoms with E-state index in [1.807, 2.05) is 36.4 Å². The Kier molecular flexibility index (Phi) is 4.12. The van der Waals surface area contributed by atoms with Crippen LogP contribution >= 0.6 is 11.6 Å². The van der Waals surface area contributed by atoms with Crippen molar-refractivity contribution in [1.82, 2.24) is 9.97 Å². The minimum Gasteiger partial charge on any atom is -0.488 e. The highest BCUT2D eigenvalue weighted by Gasteiger charge is 2.12. The Balaban J connectivity index is 1.67. The first-order valence-corrected chi connectivity index (χ1v) is 8.19. The minimum absolute atomic E-state index is 0.266. The predicted molar refractivity (Wildman–Crippen MR) is 97.3 cm³/mol. The molecule has 0 aliphatic heterocycles. The van der Waals surface area contributed by atoms with Gasteiger partial charge < -0.3 is 9.72 Å². The Bertz CT molecular complexity index is 994. The van der Waals surface area contributed by atoms with E-state index < -0.39 is 0 Å². The third kappa shape index (κ3) is 3.35. The number of aromatic nitrogens is 2. The Morgan fingerprint density at radius 3 is 2.60 bits per heavy atom. The second-order valence-corrected chi connectivity index (χ2v) is 6.09. The number of imidazole rings is 1. The summed E-state index contributed by atoms with van der Waals surface area (Å²) < 4.78 is 18.9. The SMILES string of the molecule is Fc1ccc(COc2ccc(Cl)cc2-c2nc3ccccc3[nH]2)cc1. The lowest BCUT2D eigenvalue weighted by Gasteiger charge is -2.11. The van der Waals surface area contributed by atoms with Crippen molar-refractivity contribution >= 4 is 22.6 Å². The van der Waals surface area contributed by atoms with E-state index in [2.05, 4.69) is 9.97 Å². The highest BCUT2D eigenvalue weighted by molar-refractivity contribution is 6.30. The lowest BCUT2D eigenvalue weighted by molar-refractivity contribution is 0.307. The number of benzene rings is 3. The third-order valence-electron chi connectivity index (χ3n) is 3.89. The number of rotatable bonds is 4. The normalized spacial score (nSPS) is 11.0. The number of fused-ring (bicyclic) bond motifs is 1. The van der Waals surface area contributed by atoms with Gasteiger partial charge >= 0.3 is 0 Å². The molecule has 0 aliphatic carbocycles. The van der Waals surface area contributed by atoms with Gasteiger partial charge in [-0.1, -0.05) is 35.9 Å². The van der Waals surface area contributed by atoms with Crippen LogP contribution in [0.3, 0.4) is 0 Å². The molecule has 5 heteroatoms. The molecule has 0 saturated heterocycles. The van der Waals surface area contributed by atoms with Crippen LogP contribution in [0.4, 0.5) is 4.39 Å². The summed E-state index contributed by atoms with van der Waals surface area (Å²) in [5.41, 5.74) is 3.49. The van der Waals surface area contributed by atoms with Crippen molar-refractivity contribution in [2.24, 2.45) is 0 Å². The van der Waals surface area contributed by atoms with Gasteiger partial charge in [-0.05, 0) is 48.0 Å². The van der Waals surface area contributed by atoms with Crippen LogP contribution in [-0.2, 0) is 6.61 Å². The molecular weight excluding hydrogens is 339 g/mol. The molecule has 3 aromatic carbocycles. The van der Waals surface area contributed by atoms with Crippen molar-refractivity contribution in [3.05, 3.63) is 83.1 Å². The number of aromatic amines is 1. The van der Waals surface area contributed by atoms with Crippen molar-refractivity contribution in [3.63, 3.8) is 0 Å². The van der Waals surface area contributed by atoms with E-state index in [1.54, 1.807) is 18.2 Å². The van der Waals surface area contributed by atoms with Crippen LogP contribution in [0.5, 0.6) is 5.75 Å². The number of nitrogens with zero attached hydrogens (tertiary/aromatic N) is 1. The van der Waals surface area contributed by atoms with Crippen LogP contribution in [0.2, 0.25) is 5.02 Å². The smallest absolute Gasteiger partial charge is 0.142 e. The second kappa shape index (κ2) is 6.57. The largest absolute Gasteiger partial charge is 0.488 e. The molecule has 1 aromatic heterocycles. The first-order valence-electron chi connectivity index (χ1n) is 7.81. The maximum Gasteiger partial charge on any atom is 0.142 e. The fourth-order valence-electron chi connectivity index (χ4n) is 2.64. The molecule has 25 heavy (non-hydrogen) atoms. The second-order valence-electron chi connectivity index (χ2n) is 5.66. The number of para-hydroxylation sites is 2. The average molecular weight is 353 g/mol. The maximum absolute atomic E-state index is 13.0. The Hall–Kier alpha value is -2.85. The fourth-order valence-corrected chi connectivity index (χ4v) is 2.81. The van der Waals surface area contributed by atoms with Crippen LogP contribution in [0.25, 0.3) is 22.4 Å². The van der Waals surface area contributed by atoms with Gasteiger partial charge in [-0.15, -0.1) is 0 Å². The van der Waals surface area contributed by atoms with Crippen molar-refractivity contribution in [1.29, 1.82) is 0 Å². The average Bonchev–Trinajstić information content (AvgIpc) is 3.06. The van der Waals surface area contributed by atoms with E-state index in [0.717, 1.165) is 22.2 Å². The molecule has 1 heterocycles. The first kappa shape index (κ1) is 15.7. The summed E-state index contributed by atoms with van der Waals surface area (Å²) in [7, 11) is 0. The first-order chi connectivity index (χ1) is 12.2. The van der Waals surface area contributed by atoms with Crippen LogP contribution in [0.15, 0.2) is 66.7 Å². The summed E-state index contributed by atoms with van der Waals surface area (Å²) in [6, 6.07) is 19.4. The number of halogens is 2. The standard InChI is InChI=1S/C20H14ClFN2O/c21-14-7-10-19(25-12-13-5-8-15(22)9-6-13)16(11-14)20-23-17-3-1-2-4-18(17)24-20/h1-11H,12H2,(H,23,24). The Labute approximate surface area is 149 Å². The lowest BCUT2D eigenvalue weighted by Crippen LogP contribution is -1.97. The predicted octanol–water partition coefficient (Wildman–Crippen LogP) is 5.60. The minimum atomic E-state index is -0.266. The van der Waals surface area contributed by atoms with Gasteiger partial charge in [-0.25, -0.2) is 9.37 Å². The maximum atomic E-state index is 13.0. The third-order valence-corrected chi connectivity index (χ3v) is 4.13. The van der Waals surface area contributed by atoms with E-state index >= 15 is 0 Å². The molecule has 3 nitrogen and oxygen atoms in total. The molecule has 124 valence electrons. The summed E-state index contributed by atoms with van der Waals surface area (Å²) in [6.45, 7) is 0.329. The number of H-pyrrole nitrogens is 1. The molecule has 0 unspecified atom stereocenters. The molecule has 0 aliphatic rings. The van der Waals surface area contributed by atoms with Gasteiger partial charge in [0.2, 0.25) is 0 Å². The zero-order valence-electron chi connectivity index (χ0n) is 13.2. The zero-order valence-corrected chi connectivity index (χ0v) is 13.9. The molecule has 0 atom stereocenters. The van der Waals surface area contributed by atoms with Gasteiger partial charge in [0.05, 0.1) is 16.6 Å². The van der Waals surface area contributed by atoms with Gasteiger partial charge in [-0.3, -0.25) is 0 Å². The molecule has 0 saturated carbocycles. The highest BCUT2D eigenvalue weighted by Crippen LogP contribution is 2.32. The molecule has 4 rings (SSSR count). The van der Waals surface area contributed by atoms with Gasteiger partial charge in [0.15, 0.2) is 0 Å².